The highest BCUT2D eigenvalue weighted by Gasteiger charge is 2.26. The van der Waals surface area contributed by atoms with Gasteiger partial charge in [-0.25, -0.2) is 18.4 Å². The van der Waals surface area contributed by atoms with Gasteiger partial charge in [0.25, 0.3) is 0 Å². The van der Waals surface area contributed by atoms with Gasteiger partial charge in [-0.1, -0.05) is 13.0 Å². The third-order valence-corrected chi connectivity index (χ3v) is 6.43. The second kappa shape index (κ2) is 6.15. The fraction of sp³-hybridized carbons (Fsp3) is 0.286. The van der Waals surface area contributed by atoms with Crippen LogP contribution in [0.4, 0.5) is 0 Å². The molecule has 0 aliphatic carbocycles. The number of fused-ring (bicyclic) bond motifs is 1. The summed E-state index contributed by atoms with van der Waals surface area (Å²) >= 11 is 1.64. The summed E-state index contributed by atoms with van der Waals surface area (Å²) in [6.07, 6.45) is 5.12. The van der Waals surface area contributed by atoms with E-state index in [0.29, 0.717) is 30.5 Å². The van der Waals surface area contributed by atoms with Crippen LogP contribution in [0.5, 0.6) is 0 Å². The van der Waals surface area contributed by atoms with Gasteiger partial charge in [0.15, 0.2) is 0 Å². The van der Waals surface area contributed by atoms with Crippen molar-refractivity contribution in [3.8, 4) is 0 Å². The summed E-state index contributed by atoms with van der Waals surface area (Å²) in [7, 11) is -3.56. The predicted octanol–water partition coefficient (Wildman–Crippen LogP) is 2.27. The monoisotopic (exact) mass is 336 g/mol. The maximum absolute atomic E-state index is 12.9. The van der Waals surface area contributed by atoms with Gasteiger partial charge < -0.3 is 4.98 Å². The molecule has 8 heteroatoms. The van der Waals surface area contributed by atoms with E-state index < -0.39 is 10.0 Å². The van der Waals surface area contributed by atoms with E-state index in [1.807, 2.05) is 24.4 Å². The molecule has 0 aliphatic rings. The number of likely N-dealkylation sites (N-methyl/N-ethyl adjacent to an activating group) is 1. The summed E-state index contributed by atoms with van der Waals surface area (Å²) in [6.45, 7) is 2.73. The molecule has 116 valence electrons. The first-order valence-corrected chi connectivity index (χ1v) is 9.24. The number of nitrogens with zero attached hydrogens (tertiary/aromatic N) is 3. The van der Waals surface area contributed by atoms with Crippen LogP contribution in [0.25, 0.3) is 11.0 Å². The van der Waals surface area contributed by atoms with Gasteiger partial charge in [-0.05, 0) is 17.9 Å². The van der Waals surface area contributed by atoms with Crippen molar-refractivity contribution >= 4 is 32.4 Å². The molecule has 6 nitrogen and oxygen atoms in total. The molecule has 0 amide bonds. The van der Waals surface area contributed by atoms with Crippen molar-refractivity contribution in [2.75, 3.05) is 13.1 Å². The molecule has 0 atom stereocenters. The Morgan fingerprint density at radius 1 is 1.41 bits per heavy atom. The summed E-state index contributed by atoms with van der Waals surface area (Å²) in [6, 6.07) is 3.99. The van der Waals surface area contributed by atoms with Crippen LogP contribution < -0.4 is 0 Å². The number of aromatic amines is 1. The fourth-order valence-corrected chi connectivity index (χ4v) is 4.61. The molecule has 0 aliphatic heterocycles. The maximum atomic E-state index is 12.9. The molecule has 3 heterocycles. The quantitative estimate of drug-likeness (QED) is 0.749. The standard InChI is InChI=1S/C14H16N4O2S2/c1-2-18(6-5-11-4-3-7-21-11)22(19,20)13-9-16-14-12(13)8-15-10-17-14/h3-4,7-10H,2,5-6H2,1H3,(H,15,16,17). The van der Waals surface area contributed by atoms with E-state index in [0.717, 1.165) is 0 Å². The first-order valence-electron chi connectivity index (χ1n) is 6.92. The Kier molecular flexibility index (Phi) is 4.23. The average molecular weight is 336 g/mol. The Bertz CT molecular complexity index is 856. The Labute approximate surface area is 132 Å². The zero-order valence-electron chi connectivity index (χ0n) is 12.1. The molecule has 0 saturated carbocycles. The second-order valence-corrected chi connectivity index (χ2v) is 7.70. The molecule has 0 bridgehead atoms. The summed E-state index contributed by atoms with van der Waals surface area (Å²) < 4.78 is 27.2. The number of thiophene rings is 1. The number of hydrogen-bond donors (Lipinski definition) is 1. The van der Waals surface area contributed by atoms with Gasteiger partial charge in [-0.3, -0.25) is 0 Å². The zero-order chi connectivity index (χ0) is 15.6. The van der Waals surface area contributed by atoms with E-state index in [2.05, 4.69) is 15.0 Å². The van der Waals surface area contributed by atoms with Crippen molar-refractivity contribution in [2.24, 2.45) is 0 Å². The van der Waals surface area contributed by atoms with E-state index in [9.17, 15) is 8.42 Å². The number of aromatic nitrogens is 3. The molecule has 1 N–H and O–H groups in total. The summed E-state index contributed by atoms with van der Waals surface area (Å²) in [5, 5.41) is 2.52. The molecule has 0 radical (unpaired) electrons. The number of H-pyrrole nitrogens is 1. The minimum Gasteiger partial charge on any atom is -0.345 e. The van der Waals surface area contributed by atoms with Gasteiger partial charge in [-0.2, -0.15) is 4.31 Å². The molecule has 22 heavy (non-hydrogen) atoms. The van der Waals surface area contributed by atoms with Crippen molar-refractivity contribution in [1.82, 2.24) is 19.3 Å². The van der Waals surface area contributed by atoms with Crippen LogP contribution in [-0.4, -0.2) is 40.8 Å². The smallest absolute Gasteiger partial charge is 0.245 e. The van der Waals surface area contributed by atoms with Crippen LogP contribution in [0.15, 0.2) is 41.1 Å². The minimum absolute atomic E-state index is 0.233. The zero-order valence-corrected chi connectivity index (χ0v) is 13.7. The van der Waals surface area contributed by atoms with Gasteiger partial charge in [0.2, 0.25) is 10.0 Å². The highest BCUT2D eigenvalue weighted by Crippen LogP contribution is 2.24. The topological polar surface area (TPSA) is 79.0 Å². The van der Waals surface area contributed by atoms with Crippen LogP contribution in [0.3, 0.4) is 0 Å². The third-order valence-electron chi connectivity index (χ3n) is 3.48. The number of sulfonamides is 1. The lowest BCUT2D eigenvalue weighted by Crippen LogP contribution is -2.32. The normalized spacial score (nSPS) is 12.3. The molecule has 0 aromatic carbocycles. The van der Waals surface area contributed by atoms with Crippen LogP contribution >= 0.6 is 11.3 Å². The molecular weight excluding hydrogens is 320 g/mol. The maximum Gasteiger partial charge on any atom is 0.245 e. The van der Waals surface area contributed by atoms with Crippen LogP contribution in [0, 0.1) is 0 Å². The van der Waals surface area contributed by atoms with Gasteiger partial charge in [-0.15, -0.1) is 11.3 Å². The SMILES string of the molecule is CCN(CCc1cccs1)S(=O)(=O)c1c[nH]c2ncncc12. The van der Waals surface area contributed by atoms with Crippen molar-refractivity contribution in [3.63, 3.8) is 0 Å². The van der Waals surface area contributed by atoms with E-state index in [1.54, 1.807) is 11.3 Å². The lowest BCUT2D eigenvalue weighted by Gasteiger charge is -2.19. The minimum atomic E-state index is -3.56. The van der Waals surface area contributed by atoms with Gasteiger partial charge in [0, 0.05) is 30.4 Å². The Balaban J connectivity index is 1.89. The first kappa shape index (κ1) is 15.1. The molecule has 0 saturated heterocycles. The molecule has 3 rings (SSSR count). The molecular formula is C14H16N4O2S2. The molecule has 3 aromatic heterocycles. The van der Waals surface area contributed by atoms with Crippen molar-refractivity contribution < 1.29 is 8.42 Å². The average Bonchev–Trinajstić information content (AvgIpc) is 3.17. The van der Waals surface area contributed by atoms with Crippen molar-refractivity contribution in [2.45, 2.75) is 18.2 Å². The highest BCUT2D eigenvalue weighted by molar-refractivity contribution is 7.89. The van der Waals surface area contributed by atoms with Gasteiger partial charge >= 0.3 is 0 Å². The lowest BCUT2D eigenvalue weighted by atomic mass is 10.3. The van der Waals surface area contributed by atoms with Crippen LogP contribution in [-0.2, 0) is 16.4 Å². The van der Waals surface area contributed by atoms with E-state index >= 15 is 0 Å². The van der Waals surface area contributed by atoms with Crippen molar-refractivity contribution in [1.29, 1.82) is 0 Å². The molecule has 3 aromatic rings. The summed E-state index contributed by atoms with van der Waals surface area (Å²) in [5.74, 6) is 0. The van der Waals surface area contributed by atoms with Crippen LogP contribution in [0.1, 0.15) is 11.8 Å². The lowest BCUT2D eigenvalue weighted by molar-refractivity contribution is 0.432. The third kappa shape index (κ3) is 2.77. The first-order chi connectivity index (χ1) is 10.6. The summed E-state index contributed by atoms with van der Waals surface area (Å²) in [5.41, 5.74) is 0.530. The largest absolute Gasteiger partial charge is 0.345 e. The fourth-order valence-electron chi connectivity index (χ4n) is 2.33. The molecule has 0 unspecified atom stereocenters. The second-order valence-electron chi connectivity index (χ2n) is 4.76. The van der Waals surface area contributed by atoms with Gasteiger partial charge in [0.1, 0.15) is 16.9 Å². The van der Waals surface area contributed by atoms with E-state index in [-0.39, 0.29) is 4.90 Å². The Morgan fingerprint density at radius 2 is 2.27 bits per heavy atom. The summed E-state index contributed by atoms with van der Waals surface area (Å²) in [4.78, 5) is 12.3. The highest BCUT2D eigenvalue weighted by atomic mass is 32.2. The molecule has 0 fully saturated rings. The number of nitrogens with one attached hydrogen (secondary N) is 1. The van der Waals surface area contributed by atoms with Crippen LogP contribution in [0.2, 0.25) is 0 Å². The van der Waals surface area contributed by atoms with Crippen molar-refractivity contribution in [3.05, 3.63) is 41.1 Å². The van der Waals surface area contributed by atoms with E-state index in [1.165, 1.54) is 27.9 Å². The van der Waals surface area contributed by atoms with Gasteiger partial charge in [0.05, 0.1) is 5.39 Å². The molecule has 0 spiro atoms. The van der Waals surface area contributed by atoms with E-state index in [4.69, 9.17) is 0 Å². The predicted molar refractivity (Wildman–Crippen MR) is 86.3 cm³/mol. The number of rotatable bonds is 6. The Hall–Kier alpha value is -1.77. The number of hydrogen-bond acceptors (Lipinski definition) is 5. The Morgan fingerprint density at radius 3 is 3.00 bits per heavy atom.